The molecule has 20 heavy (non-hydrogen) atoms. The minimum absolute atomic E-state index is 0.103. The molecule has 0 saturated carbocycles. The van der Waals surface area contributed by atoms with Crippen molar-refractivity contribution in [3.05, 3.63) is 23.0 Å². The number of methoxy groups -OCH3 is 1. The van der Waals surface area contributed by atoms with Crippen molar-refractivity contribution in [2.24, 2.45) is 0 Å². The van der Waals surface area contributed by atoms with Crippen LogP contribution in [0.4, 0.5) is 5.69 Å². The molecule has 2 heterocycles. The van der Waals surface area contributed by atoms with Crippen LogP contribution in [0.15, 0.2) is 11.6 Å². The number of hydrogen-bond donors (Lipinski definition) is 2. The molecule has 0 fully saturated rings. The molecule has 1 aromatic rings. The van der Waals surface area contributed by atoms with Crippen LogP contribution in [0.2, 0.25) is 0 Å². The van der Waals surface area contributed by atoms with Crippen LogP contribution in [-0.2, 0) is 11.2 Å². The molecule has 0 atom stereocenters. The van der Waals surface area contributed by atoms with E-state index in [4.69, 9.17) is 10.5 Å². The smallest absolute Gasteiger partial charge is 0.276 e. The number of aromatic nitrogens is 2. The summed E-state index contributed by atoms with van der Waals surface area (Å²) in [4.78, 5) is 14.2. The van der Waals surface area contributed by atoms with E-state index >= 15 is 0 Å². The van der Waals surface area contributed by atoms with Gasteiger partial charge in [0.25, 0.3) is 5.91 Å². The Morgan fingerprint density at radius 3 is 3.00 bits per heavy atom. The zero-order chi connectivity index (χ0) is 14.5. The molecule has 0 spiro atoms. The third-order valence-corrected chi connectivity index (χ3v) is 3.51. The van der Waals surface area contributed by atoms with Crippen molar-refractivity contribution in [3.63, 3.8) is 0 Å². The van der Waals surface area contributed by atoms with Gasteiger partial charge in [0.2, 0.25) is 0 Å². The SMILES string of the molecule is CCCc1[nH]nc(C(=O)N2CC=C(COC)CC2)c1N. The van der Waals surface area contributed by atoms with Crippen LogP contribution in [-0.4, -0.2) is 47.8 Å². The van der Waals surface area contributed by atoms with E-state index in [2.05, 4.69) is 17.1 Å². The number of amides is 1. The molecular weight excluding hydrogens is 256 g/mol. The normalized spacial score (nSPS) is 15.3. The predicted octanol–water partition coefficient (Wildman–Crippen LogP) is 1.36. The standard InChI is InChI=1S/C14H22N4O2/c1-3-4-11-12(15)13(17-16-11)14(19)18-7-5-10(6-8-18)9-20-2/h5H,3-4,6-9,15H2,1-2H3,(H,16,17). The van der Waals surface area contributed by atoms with Crippen LogP contribution in [0.3, 0.4) is 0 Å². The molecular formula is C14H22N4O2. The van der Waals surface area contributed by atoms with E-state index in [1.807, 2.05) is 6.08 Å². The molecule has 3 N–H and O–H groups in total. The summed E-state index contributed by atoms with van der Waals surface area (Å²) >= 11 is 0. The molecule has 0 unspecified atom stereocenters. The van der Waals surface area contributed by atoms with Gasteiger partial charge in [-0.25, -0.2) is 0 Å². The summed E-state index contributed by atoms with van der Waals surface area (Å²) in [6, 6.07) is 0. The highest BCUT2D eigenvalue weighted by Crippen LogP contribution is 2.19. The van der Waals surface area contributed by atoms with Gasteiger partial charge in [0, 0.05) is 20.2 Å². The molecule has 110 valence electrons. The highest BCUT2D eigenvalue weighted by atomic mass is 16.5. The molecule has 2 rings (SSSR count). The molecule has 6 heteroatoms. The number of ether oxygens (including phenoxy) is 1. The topological polar surface area (TPSA) is 84.2 Å². The van der Waals surface area contributed by atoms with Crippen LogP contribution >= 0.6 is 0 Å². The molecule has 1 aliphatic rings. The van der Waals surface area contributed by atoms with Gasteiger partial charge in [-0.1, -0.05) is 19.4 Å². The monoisotopic (exact) mass is 278 g/mol. The molecule has 1 amide bonds. The Labute approximate surface area is 119 Å². The molecule has 0 aromatic carbocycles. The molecule has 0 aliphatic carbocycles. The maximum Gasteiger partial charge on any atom is 0.276 e. The molecule has 1 aliphatic heterocycles. The van der Waals surface area contributed by atoms with E-state index < -0.39 is 0 Å². The van der Waals surface area contributed by atoms with E-state index in [1.165, 1.54) is 5.57 Å². The van der Waals surface area contributed by atoms with Crippen LogP contribution in [0.25, 0.3) is 0 Å². The van der Waals surface area contributed by atoms with E-state index in [0.717, 1.165) is 25.0 Å². The highest BCUT2D eigenvalue weighted by molar-refractivity contribution is 5.97. The van der Waals surface area contributed by atoms with Gasteiger partial charge >= 0.3 is 0 Å². The Morgan fingerprint density at radius 2 is 2.40 bits per heavy atom. The number of rotatable bonds is 5. The lowest BCUT2D eigenvalue weighted by molar-refractivity contribution is 0.0760. The highest BCUT2D eigenvalue weighted by Gasteiger charge is 2.24. The molecule has 0 radical (unpaired) electrons. The van der Waals surface area contributed by atoms with E-state index in [0.29, 0.717) is 31.1 Å². The third-order valence-electron chi connectivity index (χ3n) is 3.51. The summed E-state index contributed by atoms with van der Waals surface area (Å²) in [5.41, 5.74) is 8.91. The fraction of sp³-hybridized carbons (Fsp3) is 0.571. The lowest BCUT2D eigenvalue weighted by Gasteiger charge is -2.25. The first kappa shape index (κ1) is 14.6. The number of nitrogens with one attached hydrogen (secondary N) is 1. The number of nitrogen functional groups attached to an aromatic ring is 1. The first-order valence-corrected chi connectivity index (χ1v) is 6.96. The minimum Gasteiger partial charge on any atom is -0.395 e. The second-order valence-corrected chi connectivity index (χ2v) is 5.01. The zero-order valence-corrected chi connectivity index (χ0v) is 12.1. The van der Waals surface area contributed by atoms with Crippen LogP contribution in [0.5, 0.6) is 0 Å². The Kier molecular flexibility index (Phi) is 4.79. The number of aromatic amines is 1. The number of anilines is 1. The first-order valence-electron chi connectivity index (χ1n) is 6.96. The number of nitrogens with zero attached hydrogens (tertiary/aromatic N) is 2. The van der Waals surface area contributed by atoms with Crippen molar-refractivity contribution in [1.82, 2.24) is 15.1 Å². The summed E-state index contributed by atoms with van der Waals surface area (Å²) < 4.78 is 5.10. The summed E-state index contributed by atoms with van der Waals surface area (Å²) in [6.45, 7) is 3.97. The van der Waals surface area contributed by atoms with Crippen molar-refractivity contribution < 1.29 is 9.53 Å². The van der Waals surface area contributed by atoms with Gasteiger partial charge in [-0.3, -0.25) is 9.89 Å². The van der Waals surface area contributed by atoms with Crippen molar-refractivity contribution >= 4 is 11.6 Å². The minimum atomic E-state index is -0.103. The number of carbonyl (C=O) groups excluding carboxylic acids is 1. The number of carbonyl (C=O) groups is 1. The Balaban J connectivity index is 2.05. The molecule has 1 aromatic heterocycles. The Hall–Kier alpha value is -1.82. The average molecular weight is 278 g/mol. The molecule has 0 saturated heterocycles. The summed E-state index contributed by atoms with van der Waals surface area (Å²) in [7, 11) is 1.68. The number of aryl methyl sites for hydroxylation is 1. The second-order valence-electron chi connectivity index (χ2n) is 5.01. The number of hydrogen-bond acceptors (Lipinski definition) is 4. The lowest BCUT2D eigenvalue weighted by Crippen LogP contribution is -2.35. The zero-order valence-electron chi connectivity index (χ0n) is 12.1. The number of nitrogens with two attached hydrogens (primary N) is 1. The van der Waals surface area contributed by atoms with Gasteiger partial charge in [-0.15, -0.1) is 0 Å². The quantitative estimate of drug-likeness (QED) is 0.797. The van der Waals surface area contributed by atoms with Crippen LogP contribution in [0.1, 0.15) is 35.9 Å². The van der Waals surface area contributed by atoms with Crippen molar-refractivity contribution in [3.8, 4) is 0 Å². The van der Waals surface area contributed by atoms with E-state index in [-0.39, 0.29) is 5.91 Å². The first-order chi connectivity index (χ1) is 9.67. The van der Waals surface area contributed by atoms with Gasteiger partial charge in [0.1, 0.15) is 0 Å². The van der Waals surface area contributed by atoms with E-state index in [9.17, 15) is 4.79 Å². The molecule has 6 nitrogen and oxygen atoms in total. The maximum absolute atomic E-state index is 12.4. The Morgan fingerprint density at radius 1 is 1.60 bits per heavy atom. The number of H-pyrrole nitrogens is 1. The second kappa shape index (κ2) is 6.56. The largest absolute Gasteiger partial charge is 0.395 e. The van der Waals surface area contributed by atoms with Crippen molar-refractivity contribution in [1.29, 1.82) is 0 Å². The third kappa shape index (κ3) is 3.01. The summed E-state index contributed by atoms with van der Waals surface area (Å²) in [5.74, 6) is -0.103. The van der Waals surface area contributed by atoms with Gasteiger partial charge in [-0.05, 0) is 18.4 Å². The fourth-order valence-corrected chi connectivity index (χ4v) is 2.35. The van der Waals surface area contributed by atoms with Crippen LogP contribution in [0, 0.1) is 0 Å². The Bertz CT molecular complexity index is 507. The summed E-state index contributed by atoms with van der Waals surface area (Å²) in [6.07, 6.45) is 4.66. The van der Waals surface area contributed by atoms with Crippen molar-refractivity contribution in [2.45, 2.75) is 26.2 Å². The fourth-order valence-electron chi connectivity index (χ4n) is 2.35. The maximum atomic E-state index is 12.4. The molecule has 0 bridgehead atoms. The van der Waals surface area contributed by atoms with Crippen molar-refractivity contribution in [2.75, 3.05) is 32.5 Å². The summed E-state index contributed by atoms with van der Waals surface area (Å²) in [5, 5.41) is 6.94. The van der Waals surface area contributed by atoms with Gasteiger partial charge in [-0.2, -0.15) is 5.10 Å². The van der Waals surface area contributed by atoms with Gasteiger partial charge in [0.15, 0.2) is 5.69 Å². The van der Waals surface area contributed by atoms with Gasteiger partial charge < -0.3 is 15.4 Å². The van der Waals surface area contributed by atoms with Crippen LogP contribution < -0.4 is 5.73 Å². The predicted molar refractivity (Wildman–Crippen MR) is 77.5 cm³/mol. The average Bonchev–Trinajstić information content (AvgIpc) is 2.81. The van der Waals surface area contributed by atoms with E-state index in [1.54, 1.807) is 12.0 Å². The van der Waals surface area contributed by atoms with Gasteiger partial charge in [0.05, 0.1) is 18.0 Å². The lowest BCUT2D eigenvalue weighted by atomic mass is 10.1.